The Hall–Kier alpha value is -2.10. The molecule has 0 bridgehead atoms. The second-order valence-electron chi connectivity index (χ2n) is 6.07. The van der Waals surface area contributed by atoms with E-state index in [1.54, 1.807) is 0 Å². The molecule has 1 saturated heterocycles. The van der Waals surface area contributed by atoms with Crippen LogP contribution >= 0.6 is 0 Å². The minimum Gasteiger partial charge on any atom is -0.469 e. The van der Waals surface area contributed by atoms with E-state index in [1.807, 2.05) is 18.2 Å². The van der Waals surface area contributed by atoms with Crippen molar-refractivity contribution in [2.75, 3.05) is 25.1 Å². The van der Waals surface area contributed by atoms with E-state index in [0.29, 0.717) is 0 Å². The molecular weight excluding hydrogens is 276 g/mol. The molecule has 22 heavy (non-hydrogen) atoms. The van der Waals surface area contributed by atoms with Gasteiger partial charge in [0.05, 0.1) is 24.7 Å². The quantitative estimate of drug-likeness (QED) is 0.816. The lowest BCUT2D eigenvalue weighted by Gasteiger charge is -2.33. The van der Waals surface area contributed by atoms with Gasteiger partial charge in [-0.05, 0) is 30.9 Å². The summed E-state index contributed by atoms with van der Waals surface area (Å²) in [5, 5.41) is 1.16. The molecule has 2 aromatic rings. The number of methoxy groups -OCH3 is 1. The van der Waals surface area contributed by atoms with Crippen molar-refractivity contribution in [3.63, 3.8) is 0 Å². The molecule has 0 radical (unpaired) electrons. The lowest BCUT2D eigenvalue weighted by molar-refractivity contribution is -0.139. The minimum atomic E-state index is -0.249. The summed E-state index contributed by atoms with van der Waals surface area (Å²) in [5.74, 6) is 0.542. The number of carbonyl (C=O) groups is 1. The van der Waals surface area contributed by atoms with Crippen LogP contribution in [0.4, 0.5) is 5.69 Å². The second-order valence-corrected chi connectivity index (χ2v) is 6.07. The van der Waals surface area contributed by atoms with Gasteiger partial charge in [0.1, 0.15) is 0 Å². The van der Waals surface area contributed by atoms with Crippen LogP contribution in [0, 0.1) is 5.92 Å². The summed E-state index contributed by atoms with van der Waals surface area (Å²) in [7, 11) is 1.41. The molecule has 1 aliphatic rings. The molecule has 0 unspecified atom stereocenters. The van der Waals surface area contributed by atoms with Crippen molar-refractivity contribution in [1.82, 2.24) is 4.98 Å². The smallest absolute Gasteiger partial charge is 0.311 e. The third-order valence-electron chi connectivity index (χ3n) is 4.42. The van der Waals surface area contributed by atoms with Crippen molar-refractivity contribution in [3.8, 4) is 0 Å². The number of rotatable bonds is 3. The molecule has 116 valence electrons. The molecule has 0 spiro atoms. The van der Waals surface area contributed by atoms with Crippen molar-refractivity contribution in [3.05, 3.63) is 36.0 Å². The number of hydrogen-bond acceptors (Lipinski definition) is 4. The molecule has 4 heteroatoms. The van der Waals surface area contributed by atoms with Gasteiger partial charge >= 0.3 is 5.97 Å². The maximum atomic E-state index is 11.6. The summed E-state index contributed by atoms with van der Waals surface area (Å²) in [6.07, 6.45) is 2.64. The minimum absolute atomic E-state index is 0.221. The van der Waals surface area contributed by atoms with Gasteiger partial charge in [-0.25, -0.2) is 0 Å². The molecule has 4 nitrogen and oxygen atoms in total. The summed E-state index contributed by atoms with van der Waals surface area (Å²) >= 11 is 0. The van der Waals surface area contributed by atoms with Gasteiger partial charge in [0.15, 0.2) is 0 Å². The molecular formula is C18H22N2O2. The Morgan fingerprint density at radius 3 is 2.77 bits per heavy atom. The molecule has 0 amide bonds. The molecule has 0 N–H and O–H groups in total. The van der Waals surface area contributed by atoms with Crippen LogP contribution in [-0.4, -0.2) is 31.2 Å². The molecule has 0 atom stereocenters. The molecule has 1 aromatic heterocycles. The van der Waals surface area contributed by atoms with E-state index < -0.39 is 0 Å². The summed E-state index contributed by atoms with van der Waals surface area (Å²) < 4.78 is 4.77. The predicted molar refractivity (Wildman–Crippen MR) is 88.1 cm³/mol. The third-order valence-corrected chi connectivity index (χ3v) is 4.42. The number of nitrogens with zero attached hydrogens (tertiary/aromatic N) is 2. The SMILES string of the molecule is COC(=O)Cc1cc(N2CCC(C)CC2)c2ccccc2n1. The maximum absolute atomic E-state index is 11.6. The van der Waals surface area contributed by atoms with Crippen molar-refractivity contribution in [1.29, 1.82) is 0 Å². The van der Waals surface area contributed by atoms with Gasteiger partial charge < -0.3 is 9.64 Å². The van der Waals surface area contributed by atoms with E-state index in [4.69, 9.17) is 4.74 Å². The van der Waals surface area contributed by atoms with Crippen LogP contribution in [0.5, 0.6) is 0 Å². The zero-order valence-corrected chi connectivity index (χ0v) is 13.2. The van der Waals surface area contributed by atoms with Crippen molar-refractivity contribution in [2.45, 2.75) is 26.2 Å². The van der Waals surface area contributed by atoms with Gasteiger partial charge in [-0.15, -0.1) is 0 Å². The molecule has 0 aliphatic carbocycles. The number of benzene rings is 1. The van der Waals surface area contributed by atoms with Crippen molar-refractivity contribution in [2.24, 2.45) is 5.92 Å². The van der Waals surface area contributed by atoms with Gasteiger partial charge in [0.25, 0.3) is 0 Å². The first-order valence-corrected chi connectivity index (χ1v) is 7.88. The van der Waals surface area contributed by atoms with Crippen LogP contribution < -0.4 is 4.90 Å². The van der Waals surface area contributed by atoms with Crippen LogP contribution in [-0.2, 0) is 16.0 Å². The number of anilines is 1. The zero-order valence-electron chi connectivity index (χ0n) is 13.2. The van der Waals surface area contributed by atoms with Crippen molar-refractivity contribution >= 4 is 22.6 Å². The number of para-hydroxylation sites is 1. The van der Waals surface area contributed by atoms with E-state index in [2.05, 4.69) is 28.9 Å². The lowest BCUT2D eigenvalue weighted by Crippen LogP contribution is -2.33. The molecule has 0 saturated carbocycles. The first-order valence-electron chi connectivity index (χ1n) is 7.88. The summed E-state index contributed by atoms with van der Waals surface area (Å²) in [6, 6.07) is 10.2. The third kappa shape index (κ3) is 3.06. The van der Waals surface area contributed by atoms with E-state index in [-0.39, 0.29) is 12.4 Å². The van der Waals surface area contributed by atoms with Crippen LogP contribution in [0.15, 0.2) is 30.3 Å². The number of hydrogen-bond donors (Lipinski definition) is 0. The Balaban J connectivity index is 2.00. The monoisotopic (exact) mass is 298 g/mol. The number of piperidine rings is 1. The largest absolute Gasteiger partial charge is 0.469 e. The fourth-order valence-electron chi connectivity index (χ4n) is 3.03. The van der Waals surface area contributed by atoms with Crippen LogP contribution in [0.2, 0.25) is 0 Å². The van der Waals surface area contributed by atoms with Crippen molar-refractivity contribution < 1.29 is 9.53 Å². The van der Waals surface area contributed by atoms with E-state index in [9.17, 15) is 4.79 Å². The van der Waals surface area contributed by atoms with Crippen LogP contribution in [0.25, 0.3) is 10.9 Å². The Kier molecular flexibility index (Phi) is 4.27. The molecule has 1 aliphatic heterocycles. The molecule has 1 aromatic carbocycles. The number of aromatic nitrogens is 1. The predicted octanol–water partition coefficient (Wildman–Crippen LogP) is 3.19. The highest BCUT2D eigenvalue weighted by molar-refractivity contribution is 5.92. The number of carbonyl (C=O) groups excluding carboxylic acids is 1. The normalized spacial score (nSPS) is 16.0. The lowest BCUT2D eigenvalue weighted by atomic mass is 9.98. The van der Waals surface area contributed by atoms with E-state index in [1.165, 1.54) is 25.6 Å². The number of esters is 1. The second kappa shape index (κ2) is 6.34. The first-order chi connectivity index (χ1) is 10.7. The maximum Gasteiger partial charge on any atom is 0.311 e. The van der Waals surface area contributed by atoms with Crippen LogP contribution in [0.1, 0.15) is 25.5 Å². The first kappa shape index (κ1) is 14.8. The Labute approximate surface area is 131 Å². The summed E-state index contributed by atoms with van der Waals surface area (Å²) in [5.41, 5.74) is 2.91. The zero-order chi connectivity index (χ0) is 15.5. The topological polar surface area (TPSA) is 42.4 Å². The average Bonchev–Trinajstić information content (AvgIpc) is 2.55. The Bertz CT molecular complexity index is 676. The van der Waals surface area contributed by atoms with Gasteiger partial charge in [0, 0.05) is 24.2 Å². The molecule has 1 fully saturated rings. The van der Waals surface area contributed by atoms with Gasteiger partial charge in [-0.3, -0.25) is 9.78 Å². The fraction of sp³-hybridized carbons (Fsp3) is 0.444. The van der Waals surface area contributed by atoms with Crippen LogP contribution in [0.3, 0.4) is 0 Å². The van der Waals surface area contributed by atoms with E-state index in [0.717, 1.165) is 35.6 Å². The standard InChI is InChI=1S/C18H22N2O2/c1-13-7-9-20(10-8-13)17-11-14(12-18(21)22-2)19-16-6-4-3-5-15(16)17/h3-6,11,13H,7-10,12H2,1-2H3. The van der Waals surface area contributed by atoms with Gasteiger partial charge in [0.2, 0.25) is 0 Å². The number of ether oxygens (including phenoxy) is 1. The fourth-order valence-corrected chi connectivity index (χ4v) is 3.03. The number of fused-ring (bicyclic) bond motifs is 1. The Morgan fingerprint density at radius 2 is 2.05 bits per heavy atom. The van der Waals surface area contributed by atoms with Gasteiger partial charge in [-0.1, -0.05) is 25.1 Å². The Morgan fingerprint density at radius 1 is 1.32 bits per heavy atom. The highest BCUT2D eigenvalue weighted by Gasteiger charge is 2.19. The summed E-state index contributed by atoms with van der Waals surface area (Å²) in [6.45, 7) is 4.43. The summed E-state index contributed by atoms with van der Waals surface area (Å²) in [4.78, 5) is 18.6. The average molecular weight is 298 g/mol. The van der Waals surface area contributed by atoms with E-state index >= 15 is 0 Å². The molecule has 3 rings (SSSR count). The number of pyridine rings is 1. The molecule has 2 heterocycles. The van der Waals surface area contributed by atoms with Gasteiger partial charge in [-0.2, -0.15) is 0 Å². The highest BCUT2D eigenvalue weighted by atomic mass is 16.5. The highest BCUT2D eigenvalue weighted by Crippen LogP contribution is 2.30.